The van der Waals surface area contributed by atoms with Gasteiger partial charge in [-0.1, -0.05) is 0 Å². The molecule has 0 unspecified atom stereocenters. The van der Waals surface area contributed by atoms with Crippen LogP contribution in [0.25, 0.3) is 0 Å². The summed E-state index contributed by atoms with van der Waals surface area (Å²) in [7, 11) is 3.38. The Bertz CT molecular complexity index is 619. The second kappa shape index (κ2) is 13.2. The second-order valence-electron chi connectivity index (χ2n) is 7.57. The molecule has 0 atom stereocenters. The van der Waals surface area contributed by atoms with Crippen LogP contribution < -0.4 is 14.8 Å². The van der Waals surface area contributed by atoms with Crippen molar-refractivity contribution in [1.29, 1.82) is 0 Å². The van der Waals surface area contributed by atoms with E-state index < -0.39 is 0 Å². The minimum absolute atomic E-state index is 0. The number of carbonyl (C=O) groups is 1. The van der Waals surface area contributed by atoms with E-state index >= 15 is 0 Å². The van der Waals surface area contributed by atoms with Gasteiger partial charge in [0.25, 0.3) is 0 Å². The van der Waals surface area contributed by atoms with Crippen LogP contribution in [-0.4, -0.2) is 69.2 Å². The maximum absolute atomic E-state index is 12.5. The molecule has 0 bridgehead atoms. The van der Waals surface area contributed by atoms with Crippen molar-refractivity contribution in [1.82, 2.24) is 15.1 Å². The van der Waals surface area contributed by atoms with Gasteiger partial charge in [-0.2, -0.15) is 0 Å². The van der Waals surface area contributed by atoms with E-state index in [0.29, 0.717) is 12.3 Å². The molecule has 1 aromatic carbocycles. The van der Waals surface area contributed by atoms with Crippen molar-refractivity contribution < 1.29 is 14.3 Å². The number of benzene rings is 1. The number of piperazine rings is 1. The van der Waals surface area contributed by atoms with E-state index in [9.17, 15) is 4.79 Å². The van der Waals surface area contributed by atoms with Crippen LogP contribution in [0.2, 0.25) is 0 Å². The van der Waals surface area contributed by atoms with Gasteiger partial charge in [-0.3, -0.25) is 9.69 Å². The summed E-state index contributed by atoms with van der Waals surface area (Å²) in [5, 5.41) is 3.39. The first-order chi connectivity index (χ1) is 13.2. The zero-order valence-electron chi connectivity index (χ0n) is 17.5. The van der Waals surface area contributed by atoms with Crippen molar-refractivity contribution in [3.05, 3.63) is 23.8 Å². The van der Waals surface area contributed by atoms with Crippen LogP contribution in [0.4, 0.5) is 0 Å². The molecule has 1 N–H and O–H groups in total. The minimum atomic E-state index is 0. The number of rotatable bonds is 7. The third kappa shape index (κ3) is 7.52. The molecule has 2 heterocycles. The Morgan fingerprint density at radius 3 is 2.38 bits per heavy atom. The van der Waals surface area contributed by atoms with E-state index in [1.54, 1.807) is 14.2 Å². The normalized spacial score (nSPS) is 17.8. The minimum Gasteiger partial charge on any atom is -0.497 e. The van der Waals surface area contributed by atoms with Gasteiger partial charge in [0.05, 0.1) is 14.2 Å². The maximum Gasteiger partial charge on any atom is 0.222 e. The lowest BCUT2D eigenvalue weighted by Gasteiger charge is -2.35. The molecule has 0 spiro atoms. The largest absolute Gasteiger partial charge is 0.497 e. The van der Waals surface area contributed by atoms with Crippen LogP contribution >= 0.6 is 24.8 Å². The quantitative estimate of drug-likeness (QED) is 0.695. The van der Waals surface area contributed by atoms with Crippen molar-refractivity contribution in [2.45, 2.75) is 32.2 Å². The predicted molar refractivity (Wildman–Crippen MR) is 121 cm³/mol. The molecule has 1 aromatic rings. The van der Waals surface area contributed by atoms with Crippen molar-refractivity contribution in [2.24, 2.45) is 5.92 Å². The molecule has 0 aliphatic carbocycles. The van der Waals surface area contributed by atoms with Crippen LogP contribution in [0.15, 0.2) is 18.2 Å². The Kier molecular flexibility index (Phi) is 11.7. The molecule has 1 amide bonds. The van der Waals surface area contributed by atoms with E-state index in [-0.39, 0.29) is 24.8 Å². The molecule has 0 aromatic heterocycles. The highest BCUT2D eigenvalue weighted by molar-refractivity contribution is 5.85. The topological polar surface area (TPSA) is 54.0 Å². The highest BCUT2D eigenvalue weighted by Crippen LogP contribution is 2.26. The third-order valence-electron chi connectivity index (χ3n) is 5.83. The summed E-state index contributed by atoms with van der Waals surface area (Å²) in [6, 6.07) is 5.91. The highest BCUT2D eigenvalue weighted by atomic mass is 35.5. The summed E-state index contributed by atoms with van der Waals surface area (Å²) in [5.41, 5.74) is 1.13. The zero-order valence-corrected chi connectivity index (χ0v) is 19.2. The number of nitrogens with one attached hydrogen (secondary N) is 1. The van der Waals surface area contributed by atoms with Crippen molar-refractivity contribution in [3.8, 4) is 11.5 Å². The monoisotopic (exact) mass is 447 g/mol. The SMILES string of the molecule is COc1ccc(OC)c(CN2CCN(C(=O)CCC3CCNCC3)CC2)c1.Cl.Cl. The summed E-state index contributed by atoms with van der Waals surface area (Å²) in [5.74, 6) is 2.78. The zero-order chi connectivity index (χ0) is 19.1. The summed E-state index contributed by atoms with van der Waals surface area (Å²) in [6.07, 6.45) is 4.17. The van der Waals surface area contributed by atoms with Gasteiger partial charge in [0.2, 0.25) is 5.91 Å². The standard InChI is InChI=1S/C21H33N3O3.2ClH/c1-26-19-4-5-20(27-2)18(15-19)16-23-11-13-24(14-12-23)21(25)6-3-17-7-9-22-10-8-17;;/h4-5,15,17,22H,3,6-14,16H2,1-2H3;2*1H. The number of piperidine rings is 1. The average Bonchev–Trinajstić information content (AvgIpc) is 2.73. The van der Waals surface area contributed by atoms with E-state index in [2.05, 4.69) is 10.2 Å². The van der Waals surface area contributed by atoms with E-state index in [4.69, 9.17) is 9.47 Å². The second-order valence-corrected chi connectivity index (χ2v) is 7.57. The predicted octanol–water partition coefficient (Wildman–Crippen LogP) is 2.97. The molecule has 0 saturated carbocycles. The van der Waals surface area contributed by atoms with E-state index in [1.165, 1.54) is 12.8 Å². The molecule has 2 aliphatic heterocycles. The Hall–Kier alpha value is -1.21. The molecule has 29 heavy (non-hydrogen) atoms. The van der Waals surface area contributed by atoms with Crippen molar-refractivity contribution in [3.63, 3.8) is 0 Å². The molecule has 0 radical (unpaired) electrons. The first-order valence-corrected chi connectivity index (χ1v) is 10.1. The van der Waals surface area contributed by atoms with E-state index in [1.807, 2.05) is 23.1 Å². The first-order valence-electron chi connectivity index (χ1n) is 10.1. The van der Waals surface area contributed by atoms with Gasteiger partial charge in [-0.25, -0.2) is 0 Å². The fourth-order valence-electron chi connectivity index (χ4n) is 4.06. The van der Waals surface area contributed by atoms with Gasteiger partial charge in [0, 0.05) is 44.7 Å². The molecule has 2 saturated heterocycles. The number of halogens is 2. The summed E-state index contributed by atoms with van der Waals surface area (Å²) in [6.45, 7) is 6.46. The van der Waals surface area contributed by atoms with Crippen LogP contribution in [0.5, 0.6) is 11.5 Å². The van der Waals surface area contributed by atoms with E-state index in [0.717, 1.165) is 75.2 Å². The summed E-state index contributed by atoms with van der Waals surface area (Å²) < 4.78 is 10.8. The summed E-state index contributed by atoms with van der Waals surface area (Å²) >= 11 is 0. The lowest BCUT2D eigenvalue weighted by atomic mass is 9.93. The Morgan fingerprint density at radius 2 is 1.76 bits per heavy atom. The Balaban J connectivity index is 0.00000210. The van der Waals surface area contributed by atoms with Crippen molar-refractivity contribution >= 4 is 30.7 Å². The molecule has 6 nitrogen and oxygen atoms in total. The van der Waals surface area contributed by atoms with Crippen molar-refractivity contribution in [2.75, 3.05) is 53.5 Å². The number of ether oxygens (including phenoxy) is 2. The van der Waals surface area contributed by atoms with Gasteiger partial charge < -0.3 is 19.7 Å². The van der Waals surface area contributed by atoms with Gasteiger partial charge in [0.15, 0.2) is 0 Å². The number of methoxy groups -OCH3 is 2. The molecule has 8 heteroatoms. The third-order valence-corrected chi connectivity index (χ3v) is 5.83. The van der Waals surface area contributed by atoms with Crippen LogP contribution in [0, 0.1) is 5.92 Å². The Morgan fingerprint density at radius 1 is 1.07 bits per heavy atom. The van der Waals surface area contributed by atoms with Gasteiger partial charge in [0.1, 0.15) is 11.5 Å². The Labute approximate surface area is 187 Å². The first kappa shape index (κ1) is 25.8. The lowest BCUT2D eigenvalue weighted by Crippen LogP contribution is -2.48. The number of hydrogen-bond donors (Lipinski definition) is 1. The lowest BCUT2D eigenvalue weighted by molar-refractivity contribution is -0.133. The molecular formula is C21H35Cl2N3O3. The number of hydrogen-bond acceptors (Lipinski definition) is 5. The van der Waals surface area contributed by atoms with Crippen LogP contribution in [0.3, 0.4) is 0 Å². The fourth-order valence-corrected chi connectivity index (χ4v) is 4.06. The fraction of sp³-hybridized carbons (Fsp3) is 0.667. The van der Waals surface area contributed by atoms with Crippen LogP contribution in [0.1, 0.15) is 31.2 Å². The highest BCUT2D eigenvalue weighted by Gasteiger charge is 2.23. The van der Waals surface area contributed by atoms with Crippen LogP contribution in [-0.2, 0) is 11.3 Å². The number of carbonyl (C=O) groups excluding carboxylic acids is 1. The molecule has 2 fully saturated rings. The number of amides is 1. The van der Waals surface area contributed by atoms with Gasteiger partial charge in [-0.15, -0.1) is 24.8 Å². The smallest absolute Gasteiger partial charge is 0.222 e. The molecule has 166 valence electrons. The molecule has 2 aliphatic rings. The van der Waals surface area contributed by atoms with Gasteiger partial charge in [-0.05, 0) is 56.5 Å². The number of nitrogens with zero attached hydrogens (tertiary/aromatic N) is 2. The molecular weight excluding hydrogens is 413 g/mol. The maximum atomic E-state index is 12.5. The van der Waals surface area contributed by atoms with Gasteiger partial charge >= 0.3 is 0 Å². The molecule has 3 rings (SSSR count). The summed E-state index contributed by atoms with van der Waals surface area (Å²) in [4.78, 5) is 17.0. The average molecular weight is 448 g/mol.